The number of nitrogens with one attached hydrogen (secondary N) is 1. The summed E-state index contributed by atoms with van der Waals surface area (Å²) in [5, 5.41) is 2.84. The van der Waals surface area contributed by atoms with Crippen LogP contribution in [0.3, 0.4) is 0 Å². The van der Waals surface area contributed by atoms with Crippen LogP contribution in [-0.2, 0) is 6.54 Å². The molecule has 0 bridgehead atoms. The highest BCUT2D eigenvalue weighted by molar-refractivity contribution is 5.99. The summed E-state index contributed by atoms with van der Waals surface area (Å²) in [7, 11) is 0. The van der Waals surface area contributed by atoms with Gasteiger partial charge in [0.1, 0.15) is 0 Å². The maximum Gasteiger partial charge on any atom is 0.253 e. The van der Waals surface area contributed by atoms with Crippen LogP contribution in [0.2, 0.25) is 0 Å². The van der Waals surface area contributed by atoms with Gasteiger partial charge >= 0.3 is 0 Å². The number of anilines is 1. The Bertz CT molecular complexity index is 707. The van der Waals surface area contributed by atoms with Gasteiger partial charge < -0.3 is 16.0 Å². The van der Waals surface area contributed by atoms with Gasteiger partial charge in [-0.1, -0.05) is 24.3 Å². The number of benzene rings is 2. The summed E-state index contributed by atoms with van der Waals surface area (Å²) in [5.41, 5.74) is 8.29. The summed E-state index contributed by atoms with van der Waals surface area (Å²) < 4.78 is 0. The standard InChI is InChI=1S/C19H23N3O2/c1-3-22(4-2)19(24)15-11-9-14(10-12-15)13-21-18(23)16-7-5-6-8-17(16)20/h5-12H,3-4,13,20H2,1-2H3,(H,21,23). The van der Waals surface area contributed by atoms with Crippen molar-refractivity contribution in [2.75, 3.05) is 18.8 Å². The molecular weight excluding hydrogens is 302 g/mol. The number of rotatable bonds is 6. The van der Waals surface area contributed by atoms with Gasteiger partial charge in [0, 0.05) is 30.9 Å². The van der Waals surface area contributed by atoms with E-state index in [4.69, 9.17) is 5.73 Å². The van der Waals surface area contributed by atoms with Crippen molar-refractivity contribution in [2.24, 2.45) is 0 Å². The quantitative estimate of drug-likeness (QED) is 0.802. The Hall–Kier alpha value is -2.82. The average Bonchev–Trinajstić information content (AvgIpc) is 2.61. The molecule has 2 rings (SSSR count). The van der Waals surface area contributed by atoms with Crippen LogP contribution in [0.25, 0.3) is 0 Å². The minimum absolute atomic E-state index is 0.0210. The highest BCUT2D eigenvalue weighted by atomic mass is 16.2. The number of amides is 2. The van der Waals surface area contributed by atoms with Crippen molar-refractivity contribution >= 4 is 17.5 Å². The first-order chi connectivity index (χ1) is 11.6. The maximum absolute atomic E-state index is 12.2. The monoisotopic (exact) mass is 325 g/mol. The van der Waals surface area contributed by atoms with Gasteiger partial charge in [-0.25, -0.2) is 0 Å². The van der Waals surface area contributed by atoms with Crippen molar-refractivity contribution in [1.29, 1.82) is 0 Å². The molecule has 0 aliphatic rings. The zero-order chi connectivity index (χ0) is 17.5. The van der Waals surface area contributed by atoms with E-state index in [1.165, 1.54) is 0 Å². The van der Waals surface area contributed by atoms with Crippen LogP contribution in [0.15, 0.2) is 48.5 Å². The van der Waals surface area contributed by atoms with Gasteiger partial charge in [0.25, 0.3) is 11.8 Å². The molecule has 0 radical (unpaired) electrons. The lowest BCUT2D eigenvalue weighted by Crippen LogP contribution is -2.30. The van der Waals surface area contributed by atoms with E-state index in [2.05, 4.69) is 5.32 Å². The van der Waals surface area contributed by atoms with E-state index in [-0.39, 0.29) is 11.8 Å². The second-order valence-electron chi connectivity index (χ2n) is 5.44. The maximum atomic E-state index is 12.2. The van der Waals surface area contributed by atoms with E-state index in [9.17, 15) is 9.59 Å². The SMILES string of the molecule is CCN(CC)C(=O)c1ccc(CNC(=O)c2ccccc2N)cc1. The molecule has 126 valence electrons. The van der Waals surface area contributed by atoms with E-state index in [1.54, 1.807) is 41.3 Å². The van der Waals surface area contributed by atoms with Gasteiger partial charge in [0.15, 0.2) is 0 Å². The predicted molar refractivity (Wildman–Crippen MR) is 95.7 cm³/mol. The third-order valence-corrected chi connectivity index (χ3v) is 3.91. The highest BCUT2D eigenvalue weighted by Crippen LogP contribution is 2.11. The summed E-state index contributed by atoms with van der Waals surface area (Å²) in [6.07, 6.45) is 0. The van der Waals surface area contributed by atoms with Crippen molar-refractivity contribution in [3.8, 4) is 0 Å². The van der Waals surface area contributed by atoms with E-state index in [0.717, 1.165) is 5.56 Å². The van der Waals surface area contributed by atoms with E-state index in [0.29, 0.717) is 36.4 Å². The lowest BCUT2D eigenvalue weighted by Gasteiger charge is -2.18. The molecule has 0 aliphatic carbocycles. The van der Waals surface area contributed by atoms with Crippen molar-refractivity contribution in [3.63, 3.8) is 0 Å². The molecule has 0 saturated heterocycles. The fourth-order valence-electron chi connectivity index (χ4n) is 2.44. The topological polar surface area (TPSA) is 75.4 Å². The van der Waals surface area contributed by atoms with Crippen LogP contribution in [-0.4, -0.2) is 29.8 Å². The fourth-order valence-corrected chi connectivity index (χ4v) is 2.44. The molecule has 0 heterocycles. The molecule has 0 aromatic heterocycles. The van der Waals surface area contributed by atoms with Gasteiger partial charge in [-0.15, -0.1) is 0 Å². The predicted octanol–water partition coefficient (Wildman–Crippen LogP) is 2.68. The Morgan fingerprint density at radius 2 is 1.62 bits per heavy atom. The second-order valence-corrected chi connectivity index (χ2v) is 5.44. The minimum atomic E-state index is -0.212. The lowest BCUT2D eigenvalue weighted by atomic mass is 10.1. The fraction of sp³-hybridized carbons (Fsp3) is 0.263. The van der Waals surface area contributed by atoms with E-state index in [1.807, 2.05) is 26.0 Å². The summed E-state index contributed by atoms with van der Waals surface area (Å²) in [5.74, 6) is -0.191. The molecule has 0 saturated carbocycles. The molecule has 5 nitrogen and oxygen atoms in total. The Morgan fingerprint density at radius 3 is 2.21 bits per heavy atom. The molecule has 2 aromatic carbocycles. The zero-order valence-corrected chi connectivity index (χ0v) is 14.1. The lowest BCUT2D eigenvalue weighted by molar-refractivity contribution is 0.0772. The molecule has 0 aliphatic heterocycles. The van der Waals surface area contributed by atoms with E-state index < -0.39 is 0 Å². The van der Waals surface area contributed by atoms with Crippen LogP contribution >= 0.6 is 0 Å². The number of nitrogen functional groups attached to an aromatic ring is 1. The molecule has 0 unspecified atom stereocenters. The molecule has 2 aromatic rings. The first-order valence-corrected chi connectivity index (χ1v) is 8.07. The average molecular weight is 325 g/mol. The van der Waals surface area contributed by atoms with Gasteiger partial charge in [0.05, 0.1) is 5.56 Å². The van der Waals surface area contributed by atoms with Crippen molar-refractivity contribution in [3.05, 3.63) is 65.2 Å². The van der Waals surface area contributed by atoms with E-state index >= 15 is 0 Å². The number of carbonyl (C=O) groups excluding carboxylic acids is 2. The van der Waals surface area contributed by atoms with Crippen molar-refractivity contribution in [1.82, 2.24) is 10.2 Å². The molecular formula is C19H23N3O2. The van der Waals surface area contributed by atoms with Crippen LogP contribution in [0, 0.1) is 0 Å². The number of hydrogen-bond donors (Lipinski definition) is 2. The molecule has 0 fully saturated rings. The van der Waals surface area contributed by atoms with Crippen molar-refractivity contribution < 1.29 is 9.59 Å². The van der Waals surface area contributed by atoms with Gasteiger partial charge in [-0.3, -0.25) is 9.59 Å². The third kappa shape index (κ3) is 4.13. The smallest absolute Gasteiger partial charge is 0.253 e. The normalized spacial score (nSPS) is 10.2. The number of carbonyl (C=O) groups is 2. The molecule has 3 N–H and O–H groups in total. The van der Waals surface area contributed by atoms with Crippen LogP contribution in [0.4, 0.5) is 5.69 Å². The first kappa shape index (κ1) is 17.5. The zero-order valence-electron chi connectivity index (χ0n) is 14.1. The number of nitrogens with two attached hydrogens (primary N) is 1. The first-order valence-electron chi connectivity index (χ1n) is 8.07. The minimum Gasteiger partial charge on any atom is -0.398 e. The molecule has 0 spiro atoms. The number of para-hydroxylation sites is 1. The van der Waals surface area contributed by atoms with Crippen LogP contribution < -0.4 is 11.1 Å². The molecule has 24 heavy (non-hydrogen) atoms. The van der Waals surface area contributed by atoms with Gasteiger partial charge in [-0.2, -0.15) is 0 Å². The summed E-state index contributed by atoms with van der Waals surface area (Å²) in [4.78, 5) is 26.2. The Labute approximate surface area is 142 Å². The highest BCUT2D eigenvalue weighted by Gasteiger charge is 2.12. The summed E-state index contributed by atoms with van der Waals surface area (Å²) in [6.45, 7) is 5.67. The molecule has 2 amide bonds. The van der Waals surface area contributed by atoms with Crippen molar-refractivity contribution in [2.45, 2.75) is 20.4 Å². The number of nitrogens with zero attached hydrogens (tertiary/aromatic N) is 1. The Kier molecular flexibility index (Phi) is 5.95. The largest absolute Gasteiger partial charge is 0.398 e. The van der Waals surface area contributed by atoms with Gasteiger partial charge in [0.2, 0.25) is 0 Å². The molecule has 0 atom stereocenters. The Balaban J connectivity index is 1.98. The summed E-state index contributed by atoms with van der Waals surface area (Å²) >= 11 is 0. The second kappa shape index (κ2) is 8.15. The van der Waals surface area contributed by atoms with Crippen LogP contribution in [0.5, 0.6) is 0 Å². The Morgan fingerprint density at radius 1 is 1.00 bits per heavy atom. The number of hydrogen-bond acceptors (Lipinski definition) is 3. The van der Waals surface area contributed by atoms with Crippen LogP contribution in [0.1, 0.15) is 40.1 Å². The van der Waals surface area contributed by atoms with Gasteiger partial charge in [-0.05, 0) is 43.7 Å². The molecule has 5 heteroatoms. The third-order valence-electron chi connectivity index (χ3n) is 3.91. The summed E-state index contributed by atoms with van der Waals surface area (Å²) in [6, 6.07) is 14.2.